The predicted octanol–water partition coefficient (Wildman–Crippen LogP) is 3.42. The monoisotopic (exact) mass is 248 g/mol. The van der Waals surface area contributed by atoms with Crippen LogP contribution in [-0.2, 0) is 0 Å². The van der Waals surface area contributed by atoms with Crippen molar-refractivity contribution in [1.29, 1.82) is 0 Å². The molecule has 1 aromatic heterocycles. The fourth-order valence-corrected chi connectivity index (χ4v) is 2.71. The van der Waals surface area contributed by atoms with Crippen LogP contribution in [-0.4, -0.2) is 30.1 Å². The summed E-state index contributed by atoms with van der Waals surface area (Å²) in [5, 5.41) is 0. The lowest BCUT2D eigenvalue weighted by molar-refractivity contribution is 0.146. The summed E-state index contributed by atoms with van der Waals surface area (Å²) in [6.07, 6.45) is 8.47. The van der Waals surface area contributed by atoms with Crippen molar-refractivity contribution >= 4 is 0 Å². The maximum Gasteiger partial charge on any atom is 0.212 e. The number of hydrogen-bond donors (Lipinski definition) is 0. The molecule has 1 saturated heterocycles. The Kier molecular flexibility index (Phi) is 5.00. The van der Waals surface area contributed by atoms with Crippen molar-refractivity contribution in [3.05, 3.63) is 23.9 Å². The fourth-order valence-electron chi connectivity index (χ4n) is 2.71. The van der Waals surface area contributed by atoms with Crippen LogP contribution in [0.25, 0.3) is 0 Å². The molecule has 0 aromatic carbocycles. The van der Waals surface area contributed by atoms with Crippen LogP contribution in [0.1, 0.15) is 50.6 Å². The Morgan fingerprint density at radius 3 is 2.94 bits per heavy atom. The normalized spacial score (nSPS) is 20.9. The molecule has 0 unspecified atom stereocenters. The molecule has 3 heteroatoms. The first-order valence-electron chi connectivity index (χ1n) is 7.09. The third-order valence-electron chi connectivity index (χ3n) is 3.77. The highest BCUT2D eigenvalue weighted by Crippen LogP contribution is 2.31. The molecule has 2 rings (SSSR count). The second kappa shape index (κ2) is 6.74. The van der Waals surface area contributed by atoms with Crippen LogP contribution < -0.4 is 4.74 Å². The van der Waals surface area contributed by atoms with Crippen LogP contribution in [0.4, 0.5) is 0 Å². The molecular weight excluding hydrogens is 224 g/mol. The molecule has 0 saturated carbocycles. The zero-order valence-electron chi connectivity index (χ0n) is 11.6. The summed E-state index contributed by atoms with van der Waals surface area (Å²) in [7, 11) is 1.66. The smallest absolute Gasteiger partial charge is 0.212 e. The SMILES string of the molecule is CCCCN1CCCC[C@@H]1c1ccc(OC)nc1. The minimum atomic E-state index is 0.559. The van der Waals surface area contributed by atoms with Gasteiger partial charge in [0, 0.05) is 18.3 Å². The number of pyridine rings is 1. The molecule has 0 amide bonds. The molecule has 3 nitrogen and oxygen atoms in total. The van der Waals surface area contributed by atoms with E-state index in [-0.39, 0.29) is 0 Å². The topological polar surface area (TPSA) is 25.4 Å². The largest absolute Gasteiger partial charge is 0.481 e. The van der Waals surface area contributed by atoms with E-state index in [4.69, 9.17) is 4.74 Å². The van der Waals surface area contributed by atoms with Gasteiger partial charge >= 0.3 is 0 Å². The molecule has 1 atom stereocenters. The predicted molar refractivity (Wildman–Crippen MR) is 73.9 cm³/mol. The fraction of sp³-hybridized carbons (Fsp3) is 0.667. The second-order valence-electron chi connectivity index (χ2n) is 5.03. The van der Waals surface area contributed by atoms with Gasteiger partial charge in [0.05, 0.1) is 7.11 Å². The third-order valence-corrected chi connectivity index (χ3v) is 3.77. The van der Waals surface area contributed by atoms with E-state index in [1.165, 1.54) is 50.8 Å². The average Bonchev–Trinajstić information content (AvgIpc) is 2.45. The molecule has 1 aliphatic rings. The summed E-state index contributed by atoms with van der Waals surface area (Å²) in [6.45, 7) is 4.71. The Bertz CT molecular complexity index is 350. The zero-order valence-corrected chi connectivity index (χ0v) is 11.6. The van der Waals surface area contributed by atoms with Gasteiger partial charge in [-0.05, 0) is 37.9 Å². The molecular formula is C15H24N2O. The van der Waals surface area contributed by atoms with Gasteiger partial charge in [-0.25, -0.2) is 4.98 Å². The number of nitrogens with zero attached hydrogens (tertiary/aromatic N) is 2. The first-order chi connectivity index (χ1) is 8.85. The Hall–Kier alpha value is -1.09. The molecule has 1 aliphatic heterocycles. The molecule has 100 valence electrons. The van der Waals surface area contributed by atoms with Gasteiger partial charge in [-0.1, -0.05) is 25.8 Å². The van der Waals surface area contributed by atoms with Gasteiger partial charge in [0.15, 0.2) is 0 Å². The minimum absolute atomic E-state index is 0.559. The summed E-state index contributed by atoms with van der Waals surface area (Å²) in [6, 6.07) is 4.70. The van der Waals surface area contributed by atoms with Crippen LogP contribution >= 0.6 is 0 Å². The second-order valence-corrected chi connectivity index (χ2v) is 5.03. The van der Waals surface area contributed by atoms with Gasteiger partial charge in [0.25, 0.3) is 0 Å². The van der Waals surface area contributed by atoms with E-state index in [2.05, 4.69) is 22.9 Å². The minimum Gasteiger partial charge on any atom is -0.481 e. The zero-order chi connectivity index (χ0) is 12.8. The average molecular weight is 248 g/mol. The summed E-state index contributed by atoms with van der Waals surface area (Å²) >= 11 is 0. The van der Waals surface area contributed by atoms with Crippen LogP contribution in [0.3, 0.4) is 0 Å². The van der Waals surface area contributed by atoms with Gasteiger partial charge < -0.3 is 4.74 Å². The number of aromatic nitrogens is 1. The molecule has 2 heterocycles. The van der Waals surface area contributed by atoms with Crippen LogP contribution in [0.5, 0.6) is 5.88 Å². The highest BCUT2D eigenvalue weighted by Gasteiger charge is 2.23. The highest BCUT2D eigenvalue weighted by molar-refractivity contribution is 5.21. The number of likely N-dealkylation sites (tertiary alicyclic amines) is 1. The van der Waals surface area contributed by atoms with Crippen molar-refractivity contribution in [2.75, 3.05) is 20.2 Å². The third kappa shape index (κ3) is 3.22. The maximum absolute atomic E-state index is 5.12. The first kappa shape index (κ1) is 13.3. The lowest BCUT2D eigenvalue weighted by Gasteiger charge is -2.35. The maximum atomic E-state index is 5.12. The van der Waals surface area contributed by atoms with Gasteiger partial charge in [-0.15, -0.1) is 0 Å². The van der Waals surface area contributed by atoms with E-state index in [1.807, 2.05) is 12.3 Å². The van der Waals surface area contributed by atoms with Gasteiger partial charge in [-0.2, -0.15) is 0 Å². The molecule has 1 aromatic rings. The summed E-state index contributed by atoms with van der Waals surface area (Å²) in [5.41, 5.74) is 1.34. The Morgan fingerprint density at radius 1 is 1.39 bits per heavy atom. The number of unbranched alkanes of at least 4 members (excludes halogenated alkanes) is 1. The van der Waals surface area contributed by atoms with E-state index < -0.39 is 0 Å². The van der Waals surface area contributed by atoms with Crippen molar-refractivity contribution in [3.8, 4) is 5.88 Å². The number of methoxy groups -OCH3 is 1. The molecule has 1 fully saturated rings. The van der Waals surface area contributed by atoms with Crippen LogP contribution in [0.15, 0.2) is 18.3 Å². The van der Waals surface area contributed by atoms with E-state index in [0.29, 0.717) is 11.9 Å². The van der Waals surface area contributed by atoms with Crippen molar-refractivity contribution in [2.45, 2.75) is 45.1 Å². The van der Waals surface area contributed by atoms with Gasteiger partial charge in [0.1, 0.15) is 0 Å². The number of hydrogen-bond acceptors (Lipinski definition) is 3. The molecule has 0 N–H and O–H groups in total. The Labute approximate surface area is 110 Å². The standard InChI is InChI=1S/C15H24N2O/c1-3-4-10-17-11-6-5-7-14(17)13-8-9-15(18-2)16-12-13/h8-9,12,14H,3-7,10-11H2,1-2H3/t14-/m1/s1. The number of piperidine rings is 1. The first-order valence-corrected chi connectivity index (χ1v) is 7.09. The summed E-state index contributed by atoms with van der Waals surface area (Å²) < 4.78 is 5.12. The van der Waals surface area contributed by atoms with E-state index >= 15 is 0 Å². The van der Waals surface area contributed by atoms with Crippen LogP contribution in [0, 0.1) is 0 Å². The van der Waals surface area contributed by atoms with Crippen molar-refractivity contribution < 1.29 is 4.74 Å². The lowest BCUT2D eigenvalue weighted by atomic mass is 9.96. The molecule has 0 aliphatic carbocycles. The van der Waals surface area contributed by atoms with E-state index in [0.717, 1.165) is 0 Å². The van der Waals surface area contributed by atoms with Crippen LogP contribution in [0.2, 0.25) is 0 Å². The molecule has 0 radical (unpaired) electrons. The van der Waals surface area contributed by atoms with Gasteiger partial charge in [-0.3, -0.25) is 4.90 Å². The Balaban J connectivity index is 2.06. The lowest BCUT2D eigenvalue weighted by Crippen LogP contribution is -2.34. The highest BCUT2D eigenvalue weighted by atomic mass is 16.5. The van der Waals surface area contributed by atoms with Crippen molar-refractivity contribution in [1.82, 2.24) is 9.88 Å². The van der Waals surface area contributed by atoms with Gasteiger partial charge in [0.2, 0.25) is 5.88 Å². The van der Waals surface area contributed by atoms with E-state index in [1.54, 1.807) is 7.11 Å². The van der Waals surface area contributed by atoms with E-state index in [9.17, 15) is 0 Å². The van der Waals surface area contributed by atoms with Crippen molar-refractivity contribution in [2.24, 2.45) is 0 Å². The quantitative estimate of drug-likeness (QED) is 0.798. The summed E-state index contributed by atoms with van der Waals surface area (Å²) in [5.74, 6) is 0.703. The summed E-state index contributed by atoms with van der Waals surface area (Å²) in [4.78, 5) is 6.96. The number of ether oxygens (including phenoxy) is 1. The Morgan fingerprint density at radius 2 is 2.28 bits per heavy atom. The molecule has 0 spiro atoms. The number of rotatable bonds is 5. The molecule has 18 heavy (non-hydrogen) atoms. The van der Waals surface area contributed by atoms with Crippen molar-refractivity contribution in [3.63, 3.8) is 0 Å². The molecule has 0 bridgehead atoms.